The van der Waals surface area contributed by atoms with Gasteiger partial charge in [0.1, 0.15) is 23.9 Å². The number of esters is 4. The monoisotopic (exact) mass is 722 g/mol. The smallest absolute Gasteiger partial charge is 0.338 e. The van der Waals surface area contributed by atoms with Gasteiger partial charge in [0.25, 0.3) is 0 Å². The van der Waals surface area contributed by atoms with Gasteiger partial charge in [0, 0.05) is 25.3 Å². The lowest BCUT2D eigenvalue weighted by molar-refractivity contribution is -0.196. The number of carbonyl (C=O) groups excluding carboxylic acids is 6. The summed E-state index contributed by atoms with van der Waals surface area (Å²) in [7, 11) is 0. The Morgan fingerprint density at radius 3 is 1.75 bits per heavy atom. The molecule has 0 bridgehead atoms. The summed E-state index contributed by atoms with van der Waals surface area (Å²) in [6, 6.07) is 15.0. The number of ketones is 2. The lowest BCUT2D eigenvalue weighted by Crippen LogP contribution is -2.63. The predicted octanol–water partition coefficient (Wildman–Crippen LogP) is 1.91. The van der Waals surface area contributed by atoms with Gasteiger partial charge in [0.2, 0.25) is 5.60 Å². The number of epoxide rings is 1. The van der Waals surface area contributed by atoms with Crippen molar-refractivity contribution in [1.82, 2.24) is 0 Å². The number of hydrogen-bond acceptors (Lipinski definition) is 14. The van der Waals surface area contributed by atoms with Crippen LogP contribution in [-0.2, 0) is 42.9 Å². The molecule has 5 rings (SSSR count). The summed E-state index contributed by atoms with van der Waals surface area (Å²) >= 11 is 0. The van der Waals surface area contributed by atoms with Crippen molar-refractivity contribution in [2.45, 2.75) is 95.5 Å². The van der Waals surface area contributed by atoms with Gasteiger partial charge < -0.3 is 39.0 Å². The third kappa shape index (κ3) is 6.55. The van der Waals surface area contributed by atoms with Crippen molar-refractivity contribution in [3.05, 3.63) is 83.9 Å². The number of hydrogen-bond donors (Lipinski definition) is 3. The molecule has 2 aliphatic carbocycles. The van der Waals surface area contributed by atoms with Crippen LogP contribution in [-0.4, -0.2) is 105 Å². The first-order valence-electron chi connectivity index (χ1n) is 16.7. The molecule has 2 saturated carbocycles. The Morgan fingerprint density at radius 2 is 1.27 bits per heavy atom. The first-order chi connectivity index (χ1) is 24.3. The molecule has 14 nitrogen and oxygen atoms in total. The zero-order valence-corrected chi connectivity index (χ0v) is 29.5. The van der Waals surface area contributed by atoms with Crippen LogP contribution in [0.3, 0.4) is 0 Å². The molecule has 278 valence electrons. The fourth-order valence-corrected chi connectivity index (χ4v) is 7.47. The van der Waals surface area contributed by atoms with Crippen LogP contribution in [0.1, 0.15) is 62.3 Å². The Balaban J connectivity index is 1.82. The second-order valence-electron chi connectivity index (χ2n) is 14.2. The number of ether oxygens (including phenoxy) is 5. The van der Waals surface area contributed by atoms with Crippen LogP contribution in [0.4, 0.5) is 0 Å². The van der Waals surface area contributed by atoms with Crippen molar-refractivity contribution >= 4 is 35.4 Å². The fourth-order valence-electron chi connectivity index (χ4n) is 7.47. The van der Waals surface area contributed by atoms with E-state index in [-0.39, 0.29) is 11.1 Å². The fraction of sp³-hybridized carbons (Fsp3) is 0.474. The first-order valence-corrected chi connectivity index (χ1v) is 16.7. The Morgan fingerprint density at radius 1 is 0.769 bits per heavy atom. The van der Waals surface area contributed by atoms with E-state index in [9.17, 15) is 44.1 Å². The molecule has 2 aromatic carbocycles. The van der Waals surface area contributed by atoms with Gasteiger partial charge in [-0.05, 0) is 31.2 Å². The molecular formula is C38H42O14. The van der Waals surface area contributed by atoms with Crippen LogP contribution in [0.25, 0.3) is 0 Å². The van der Waals surface area contributed by atoms with Crippen LogP contribution < -0.4 is 0 Å². The van der Waals surface area contributed by atoms with Gasteiger partial charge >= 0.3 is 23.9 Å². The van der Waals surface area contributed by atoms with Gasteiger partial charge in [-0.3, -0.25) is 19.2 Å². The van der Waals surface area contributed by atoms with Gasteiger partial charge in [-0.2, -0.15) is 0 Å². The van der Waals surface area contributed by atoms with Crippen molar-refractivity contribution in [3.63, 3.8) is 0 Å². The van der Waals surface area contributed by atoms with Crippen LogP contribution >= 0.6 is 0 Å². The minimum absolute atomic E-state index is 0.000907. The van der Waals surface area contributed by atoms with E-state index < -0.39 is 112 Å². The van der Waals surface area contributed by atoms with Crippen molar-refractivity contribution < 1.29 is 67.8 Å². The average Bonchev–Trinajstić information content (AvgIpc) is 3.90. The predicted molar refractivity (Wildman–Crippen MR) is 178 cm³/mol. The topological polar surface area (TPSA) is 213 Å². The molecule has 14 heteroatoms. The van der Waals surface area contributed by atoms with E-state index in [1.165, 1.54) is 69.3 Å². The van der Waals surface area contributed by atoms with Gasteiger partial charge in [-0.25, -0.2) is 9.59 Å². The highest BCUT2D eigenvalue weighted by molar-refractivity contribution is 5.96. The van der Waals surface area contributed by atoms with Crippen LogP contribution in [0, 0.1) is 17.3 Å². The molecule has 3 fully saturated rings. The largest absolute Gasteiger partial charge is 0.459 e. The average molecular weight is 723 g/mol. The van der Waals surface area contributed by atoms with E-state index in [0.717, 1.165) is 20.8 Å². The molecule has 0 radical (unpaired) electrons. The summed E-state index contributed by atoms with van der Waals surface area (Å²) in [5, 5.41) is 35.8. The van der Waals surface area contributed by atoms with Crippen molar-refractivity contribution in [1.29, 1.82) is 0 Å². The number of benzene rings is 2. The molecular weight excluding hydrogens is 680 g/mol. The second-order valence-corrected chi connectivity index (χ2v) is 14.2. The molecule has 3 N–H and O–H groups in total. The number of rotatable bonds is 6. The van der Waals surface area contributed by atoms with Crippen LogP contribution in [0.15, 0.2) is 72.8 Å². The molecule has 1 heterocycles. The number of fused-ring (bicyclic) bond motifs is 2. The van der Waals surface area contributed by atoms with Gasteiger partial charge in [0.05, 0.1) is 34.7 Å². The quantitative estimate of drug-likeness (QED) is 0.168. The molecule has 0 aromatic heterocycles. The van der Waals surface area contributed by atoms with Gasteiger partial charge in [-0.1, -0.05) is 63.7 Å². The Bertz CT molecular complexity index is 1770. The normalized spacial score (nSPS) is 35.5. The molecule has 0 spiro atoms. The van der Waals surface area contributed by atoms with E-state index in [4.69, 9.17) is 23.7 Å². The van der Waals surface area contributed by atoms with Gasteiger partial charge in [0.15, 0.2) is 23.8 Å². The first kappa shape index (κ1) is 38.5. The van der Waals surface area contributed by atoms with Gasteiger partial charge in [-0.15, -0.1) is 0 Å². The SMILES string of the molecule is C=C1C(OC(=O)c2ccccc2)C(O)C(=O)C(C)(C)C2OC2C(C)C(=O)C2(OC(C)=O)C(C1OC(=O)c1ccccc1)C(OC(C)=O)C(C)(O)C2O. The maximum atomic E-state index is 14.9. The van der Waals surface area contributed by atoms with E-state index in [2.05, 4.69) is 6.58 Å². The summed E-state index contributed by atoms with van der Waals surface area (Å²) < 4.78 is 28.9. The molecule has 1 saturated heterocycles. The van der Waals surface area contributed by atoms with Crippen molar-refractivity contribution in [2.24, 2.45) is 17.3 Å². The highest BCUT2D eigenvalue weighted by Crippen LogP contribution is 2.55. The Kier molecular flexibility index (Phi) is 10.4. The number of aliphatic hydroxyl groups is 3. The van der Waals surface area contributed by atoms with Crippen molar-refractivity contribution in [2.75, 3.05) is 0 Å². The molecule has 1 aliphatic heterocycles. The number of Topliss-reactive ketones (excluding diaryl/α,β-unsaturated/α-hetero) is 2. The van der Waals surface area contributed by atoms with E-state index in [1.54, 1.807) is 12.1 Å². The van der Waals surface area contributed by atoms with E-state index in [1.807, 2.05) is 0 Å². The molecule has 0 amide bonds. The zero-order valence-electron chi connectivity index (χ0n) is 29.5. The summed E-state index contributed by atoms with van der Waals surface area (Å²) in [5.74, 6) is -9.48. The molecule has 52 heavy (non-hydrogen) atoms. The van der Waals surface area contributed by atoms with Crippen LogP contribution in [0.5, 0.6) is 0 Å². The third-order valence-electron chi connectivity index (χ3n) is 10.2. The van der Waals surface area contributed by atoms with E-state index in [0.29, 0.717) is 0 Å². The lowest BCUT2D eigenvalue weighted by Gasteiger charge is -2.43. The summed E-state index contributed by atoms with van der Waals surface area (Å²) in [6.45, 7) is 11.3. The highest BCUT2D eigenvalue weighted by atomic mass is 16.6. The molecule has 11 unspecified atom stereocenters. The number of aliphatic hydroxyl groups excluding tert-OH is 2. The molecule has 11 atom stereocenters. The van der Waals surface area contributed by atoms with Crippen molar-refractivity contribution in [3.8, 4) is 0 Å². The Labute approximate surface area is 299 Å². The maximum Gasteiger partial charge on any atom is 0.338 e. The minimum atomic E-state index is -2.86. The highest BCUT2D eigenvalue weighted by Gasteiger charge is 2.77. The Hall–Kier alpha value is -4.76. The summed E-state index contributed by atoms with van der Waals surface area (Å²) in [4.78, 5) is 82.1. The van der Waals surface area contributed by atoms with E-state index >= 15 is 0 Å². The van der Waals surface area contributed by atoms with Crippen LogP contribution in [0.2, 0.25) is 0 Å². The second kappa shape index (κ2) is 14.0. The standard InChI is InChI=1S/C38H42O14/c1-18-26(50-33(44)22-14-10-8-11-15-22)24-31(48-20(3)39)37(7,47)35(46)38(24,52-21(4)40)29(42)19(2)28-32(49-28)36(5,6)30(43)25(41)27(18)51-34(45)23-16-12-9-13-17-23/h8-17,19,24-28,31-32,35,41,46-47H,1H2,2-7H3. The summed E-state index contributed by atoms with van der Waals surface area (Å²) in [5.41, 5.74) is -7.57. The zero-order chi connectivity index (χ0) is 38.5. The maximum absolute atomic E-state index is 14.9. The minimum Gasteiger partial charge on any atom is -0.459 e. The summed E-state index contributed by atoms with van der Waals surface area (Å²) in [6.07, 6.45) is -12.7. The third-order valence-corrected chi connectivity index (χ3v) is 10.2. The molecule has 2 aromatic rings. The number of carbonyl (C=O) groups is 6. The lowest BCUT2D eigenvalue weighted by atomic mass is 9.70. The molecule has 3 aliphatic rings.